The Kier molecular flexibility index (Phi) is 9.17. The number of nitrogens with one attached hydrogen (secondary N) is 1. The third-order valence-corrected chi connectivity index (χ3v) is 4.33. The van der Waals surface area contributed by atoms with Gasteiger partial charge in [-0.15, -0.1) is 12.4 Å². The van der Waals surface area contributed by atoms with E-state index in [-0.39, 0.29) is 24.4 Å². The smallest absolute Gasteiger partial charge is 0.220 e. The van der Waals surface area contributed by atoms with Gasteiger partial charge in [-0.25, -0.2) is 0 Å². The summed E-state index contributed by atoms with van der Waals surface area (Å²) in [4.78, 5) is 12.1. The fourth-order valence-electron chi connectivity index (χ4n) is 2.64. The monoisotopic (exact) mass is 376 g/mol. The number of amides is 1. The number of halogens is 1. The summed E-state index contributed by atoms with van der Waals surface area (Å²) in [5.41, 5.74) is 9.60. The minimum Gasteiger partial charge on any atom is -0.497 e. The van der Waals surface area contributed by atoms with Gasteiger partial charge in [-0.1, -0.05) is 50.2 Å². The molecule has 1 unspecified atom stereocenters. The van der Waals surface area contributed by atoms with Gasteiger partial charge in [0.2, 0.25) is 5.91 Å². The van der Waals surface area contributed by atoms with E-state index < -0.39 is 0 Å². The van der Waals surface area contributed by atoms with Crippen LogP contribution in [0.2, 0.25) is 0 Å². The highest BCUT2D eigenvalue weighted by Gasteiger charge is 2.09. The van der Waals surface area contributed by atoms with Crippen LogP contribution in [0.5, 0.6) is 5.75 Å². The number of carbonyl (C=O) groups is 1. The minimum absolute atomic E-state index is 0. The van der Waals surface area contributed by atoms with Crippen LogP contribution in [-0.4, -0.2) is 19.6 Å². The van der Waals surface area contributed by atoms with Gasteiger partial charge in [0.05, 0.1) is 7.11 Å². The first-order valence-electron chi connectivity index (χ1n) is 8.74. The normalized spacial score (nSPS) is 11.6. The minimum atomic E-state index is -0.193. The number of hydrogen-bond acceptors (Lipinski definition) is 3. The van der Waals surface area contributed by atoms with Crippen LogP contribution in [0.25, 0.3) is 0 Å². The quantitative estimate of drug-likeness (QED) is 0.732. The van der Waals surface area contributed by atoms with Crippen LogP contribution < -0.4 is 15.8 Å². The standard InChI is InChI=1S/C21H28N2O2.ClH/c1-15(2)17-8-10-18(11-9-17)20(22)14-23-21(24)12-7-16-5-4-6-19(13-16)25-3;/h4-6,8-11,13,15,20H,7,12,14,22H2,1-3H3,(H,23,24);1H. The lowest BCUT2D eigenvalue weighted by Gasteiger charge is -2.14. The number of carbonyl (C=O) groups excluding carboxylic acids is 1. The van der Waals surface area contributed by atoms with Gasteiger partial charge in [0.1, 0.15) is 5.75 Å². The first-order valence-corrected chi connectivity index (χ1v) is 8.74. The van der Waals surface area contributed by atoms with Crippen LogP contribution in [-0.2, 0) is 11.2 Å². The van der Waals surface area contributed by atoms with Gasteiger partial charge in [-0.3, -0.25) is 4.79 Å². The Labute approximate surface area is 162 Å². The molecule has 0 radical (unpaired) electrons. The Balaban J connectivity index is 0.00000338. The van der Waals surface area contributed by atoms with Crippen LogP contribution in [0.1, 0.15) is 48.9 Å². The van der Waals surface area contributed by atoms with Crippen molar-refractivity contribution in [2.75, 3.05) is 13.7 Å². The first-order chi connectivity index (χ1) is 12.0. The SMILES string of the molecule is COc1cccc(CCC(=O)NCC(N)c2ccc(C(C)C)cc2)c1.Cl. The van der Waals surface area contributed by atoms with E-state index in [2.05, 4.69) is 31.3 Å². The highest BCUT2D eigenvalue weighted by molar-refractivity contribution is 5.85. The molecular formula is C21H29ClN2O2. The second-order valence-corrected chi connectivity index (χ2v) is 6.58. The lowest BCUT2D eigenvalue weighted by atomic mass is 9.99. The lowest BCUT2D eigenvalue weighted by Crippen LogP contribution is -2.32. The third-order valence-electron chi connectivity index (χ3n) is 4.33. The van der Waals surface area contributed by atoms with E-state index in [1.165, 1.54) is 5.56 Å². The van der Waals surface area contributed by atoms with E-state index in [1.807, 2.05) is 36.4 Å². The number of nitrogens with two attached hydrogens (primary N) is 1. The molecule has 142 valence electrons. The molecule has 0 spiro atoms. The third kappa shape index (κ3) is 6.70. The maximum atomic E-state index is 12.1. The second kappa shape index (κ2) is 10.8. The summed E-state index contributed by atoms with van der Waals surface area (Å²) in [5.74, 6) is 1.32. The van der Waals surface area contributed by atoms with Crippen molar-refractivity contribution in [2.45, 2.75) is 38.6 Å². The van der Waals surface area contributed by atoms with Gasteiger partial charge in [0.15, 0.2) is 0 Å². The summed E-state index contributed by atoms with van der Waals surface area (Å²) in [6, 6.07) is 15.9. The van der Waals surface area contributed by atoms with Crippen molar-refractivity contribution >= 4 is 18.3 Å². The van der Waals surface area contributed by atoms with Gasteiger partial charge >= 0.3 is 0 Å². The topological polar surface area (TPSA) is 64.3 Å². The van der Waals surface area contributed by atoms with Crippen molar-refractivity contribution < 1.29 is 9.53 Å². The number of hydrogen-bond donors (Lipinski definition) is 2. The molecule has 0 bridgehead atoms. The van der Waals surface area contributed by atoms with E-state index in [1.54, 1.807) is 7.11 Å². The molecule has 1 atom stereocenters. The molecule has 2 aromatic carbocycles. The van der Waals surface area contributed by atoms with Crippen molar-refractivity contribution in [1.29, 1.82) is 0 Å². The zero-order valence-electron chi connectivity index (χ0n) is 15.7. The van der Waals surface area contributed by atoms with E-state index in [0.29, 0.717) is 25.3 Å². The Morgan fingerprint density at radius 1 is 1.12 bits per heavy atom. The Hall–Kier alpha value is -2.04. The number of aryl methyl sites for hydroxylation is 1. The predicted octanol–water partition coefficient (Wildman–Crippen LogP) is 3.99. The number of methoxy groups -OCH3 is 1. The van der Waals surface area contributed by atoms with Crippen molar-refractivity contribution in [1.82, 2.24) is 5.32 Å². The molecule has 1 amide bonds. The summed E-state index contributed by atoms with van der Waals surface area (Å²) in [6.07, 6.45) is 1.12. The number of ether oxygens (including phenoxy) is 1. The van der Waals surface area contributed by atoms with Gasteiger partial charge in [0, 0.05) is 19.0 Å². The highest BCUT2D eigenvalue weighted by Crippen LogP contribution is 2.17. The summed E-state index contributed by atoms with van der Waals surface area (Å²) in [5, 5.41) is 2.92. The molecule has 0 saturated carbocycles. The van der Waals surface area contributed by atoms with Crippen molar-refractivity contribution in [3.05, 3.63) is 65.2 Å². The molecule has 0 aliphatic rings. The van der Waals surface area contributed by atoms with Crippen molar-refractivity contribution in [2.24, 2.45) is 5.73 Å². The zero-order chi connectivity index (χ0) is 18.2. The fraction of sp³-hybridized carbons (Fsp3) is 0.381. The lowest BCUT2D eigenvalue weighted by molar-refractivity contribution is -0.121. The van der Waals surface area contributed by atoms with Crippen LogP contribution >= 0.6 is 12.4 Å². The maximum Gasteiger partial charge on any atom is 0.220 e. The fourth-order valence-corrected chi connectivity index (χ4v) is 2.64. The van der Waals surface area contributed by atoms with Crippen molar-refractivity contribution in [3.8, 4) is 5.75 Å². The molecule has 0 aliphatic carbocycles. The summed E-state index contributed by atoms with van der Waals surface area (Å²) in [7, 11) is 1.64. The summed E-state index contributed by atoms with van der Waals surface area (Å²) >= 11 is 0. The van der Waals surface area contributed by atoms with E-state index in [4.69, 9.17) is 10.5 Å². The number of benzene rings is 2. The molecule has 0 fully saturated rings. The second-order valence-electron chi connectivity index (χ2n) is 6.58. The van der Waals surface area contributed by atoms with Crippen molar-refractivity contribution in [3.63, 3.8) is 0 Å². The zero-order valence-corrected chi connectivity index (χ0v) is 16.5. The average Bonchev–Trinajstić information content (AvgIpc) is 2.64. The molecule has 3 N–H and O–H groups in total. The largest absolute Gasteiger partial charge is 0.497 e. The van der Waals surface area contributed by atoms with Gasteiger partial charge in [0.25, 0.3) is 0 Å². The molecule has 26 heavy (non-hydrogen) atoms. The molecule has 2 aromatic rings. The Morgan fingerprint density at radius 3 is 2.38 bits per heavy atom. The summed E-state index contributed by atoms with van der Waals surface area (Å²) in [6.45, 7) is 4.77. The molecule has 0 aliphatic heterocycles. The molecule has 4 nitrogen and oxygen atoms in total. The van der Waals surface area contributed by atoms with Crippen LogP contribution in [0, 0.1) is 0 Å². The first kappa shape index (κ1) is 22.0. The van der Waals surface area contributed by atoms with Gasteiger partial charge in [-0.2, -0.15) is 0 Å². The van der Waals surface area contributed by atoms with Crippen LogP contribution in [0.4, 0.5) is 0 Å². The number of rotatable bonds is 8. The van der Waals surface area contributed by atoms with E-state index in [9.17, 15) is 4.79 Å². The molecule has 0 saturated heterocycles. The molecule has 0 heterocycles. The van der Waals surface area contributed by atoms with E-state index >= 15 is 0 Å². The maximum absolute atomic E-state index is 12.1. The highest BCUT2D eigenvalue weighted by atomic mass is 35.5. The molecule has 0 aromatic heterocycles. The predicted molar refractivity (Wildman–Crippen MR) is 109 cm³/mol. The Morgan fingerprint density at radius 2 is 1.77 bits per heavy atom. The average molecular weight is 377 g/mol. The van der Waals surface area contributed by atoms with E-state index in [0.717, 1.165) is 16.9 Å². The van der Waals surface area contributed by atoms with Gasteiger partial charge in [-0.05, 0) is 41.2 Å². The molecule has 2 rings (SSSR count). The van der Waals surface area contributed by atoms with Gasteiger partial charge < -0.3 is 15.8 Å². The Bertz CT molecular complexity index is 687. The van der Waals surface area contributed by atoms with Crippen LogP contribution in [0.3, 0.4) is 0 Å². The molecule has 5 heteroatoms. The molecular weight excluding hydrogens is 348 g/mol. The summed E-state index contributed by atoms with van der Waals surface area (Å²) < 4.78 is 5.20. The van der Waals surface area contributed by atoms with Crippen LogP contribution in [0.15, 0.2) is 48.5 Å².